The van der Waals surface area contributed by atoms with Gasteiger partial charge >= 0.3 is 12.0 Å². The zero-order chi connectivity index (χ0) is 23.7. The number of carbonyl (C=O) groups excluding carboxylic acids is 3. The summed E-state index contributed by atoms with van der Waals surface area (Å²) in [6.45, 7) is 0.397. The third kappa shape index (κ3) is 3.81. The highest BCUT2D eigenvalue weighted by Crippen LogP contribution is 2.33. The minimum Gasteiger partial charge on any atom is -0.454 e. The van der Waals surface area contributed by atoms with Gasteiger partial charge < -0.3 is 15.4 Å². The van der Waals surface area contributed by atoms with Crippen LogP contribution in [0.2, 0.25) is 0 Å². The normalized spacial score (nSPS) is 20.4. The van der Waals surface area contributed by atoms with Crippen LogP contribution in [-0.2, 0) is 9.53 Å². The van der Waals surface area contributed by atoms with Crippen molar-refractivity contribution in [3.63, 3.8) is 0 Å². The van der Waals surface area contributed by atoms with E-state index in [-0.39, 0.29) is 17.2 Å². The molecule has 11 heteroatoms. The smallest absolute Gasteiger partial charge is 0.340 e. The lowest BCUT2D eigenvalue weighted by molar-refractivity contribution is -0.135. The number of amides is 3. The molecular formula is C23H21N7O4. The number of benzene rings is 1. The monoisotopic (exact) mass is 459 g/mol. The molecule has 2 atom stereocenters. The third-order valence-corrected chi connectivity index (χ3v) is 5.96. The molecule has 0 aliphatic carbocycles. The van der Waals surface area contributed by atoms with Crippen molar-refractivity contribution < 1.29 is 19.1 Å². The predicted octanol–water partition coefficient (Wildman–Crippen LogP) is 1.72. The van der Waals surface area contributed by atoms with Crippen LogP contribution in [0.1, 0.15) is 35.3 Å². The Morgan fingerprint density at radius 2 is 2.00 bits per heavy atom. The minimum atomic E-state index is -0.910. The van der Waals surface area contributed by atoms with E-state index in [4.69, 9.17) is 10.5 Å². The van der Waals surface area contributed by atoms with E-state index in [0.29, 0.717) is 42.4 Å². The molecule has 11 nitrogen and oxygen atoms in total. The summed E-state index contributed by atoms with van der Waals surface area (Å²) in [5, 5.41) is 8.55. The Kier molecular flexibility index (Phi) is 5.58. The number of nitrogens with two attached hydrogens (primary N) is 1. The lowest BCUT2D eigenvalue weighted by Crippen LogP contribution is -2.61. The Bertz CT molecular complexity index is 1290. The molecule has 2 aliphatic rings. The fraction of sp³-hybridized carbons (Fsp3) is 0.261. The van der Waals surface area contributed by atoms with Crippen LogP contribution < -0.4 is 5.73 Å². The van der Waals surface area contributed by atoms with Gasteiger partial charge in [-0.1, -0.05) is 18.2 Å². The highest BCUT2D eigenvalue weighted by atomic mass is 16.5. The molecule has 2 aromatic heterocycles. The second-order valence-corrected chi connectivity index (χ2v) is 7.99. The second kappa shape index (κ2) is 8.85. The molecule has 5 rings (SSSR count). The number of aromatic nitrogens is 4. The Morgan fingerprint density at radius 1 is 1.15 bits per heavy atom. The number of rotatable bonds is 3. The van der Waals surface area contributed by atoms with Gasteiger partial charge in [-0.2, -0.15) is 10.2 Å². The molecule has 2 aliphatic heterocycles. The van der Waals surface area contributed by atoms with Crippen molar-refractivity contribution in [1.82, 2.24) is 30.0 Å². The van der Waals surface area contributed by atoms with Gasteiger partial charge in [0.25, 0.3) is 5.91 Å². The van der Waals surface area contributed by atoms with Crippen LogP contribution in [-0.4, -0.2) is 66.7 Å². The Morgan fingerprint density at radius 3 is 2.79 bits per heavy atom. The van der Waals surface area contributed by atoms with Gasteiger partial charge in [0.15, 0.2) is 6.17 Å². The first-order valence-electron chi connectivity index (χ1n) is 10.8. The Hall–Kier alpha value is -4.41. The highest BCUT2D eigenvalue weighted by molar-refractivity contribution is 6.03. The van der Waals surface area contributed by atoms with Crippen molar-refractivity contribution in [3.8, 4) is 0 Å². The Labute approximate surface area is 194 Å². The lowest BCUT2D eigenvalue weighted by Gasteiger charge is -2.44. The molecule has 0 radical (unpaired) electrons. The van der Waals surface area contributed by atoms with E-state index < -0.39 is 24.3 Å². The summed E-state index contributed by atoms with van der Waals surface area (Å²) in [4.78, 5) is 49.8. The third-order valence-electron chi connectivity index (χ3n) is 5.96. The van der Waals surface area contributed by atoms with Gasteiger partial charge in [0, 0.05) is 24.2 Å². The van der Waals surface area contributed by atoms with Crippen LogP contribution in [0.15, 0.2) is 55.1 Å². The molecule has 0 saturated carbocycles. The number of carbonyl (C=O) groups is 3. The first kappa shape index (κ1) is 21.4. The van der Waals surface area contributed by atoms with E-state index in [2.05, 4.69) is 20.2 Å². The van der Waals surface area contributed by atoms with Crippen molar-refractivity contribution in [3.05, 3.63) is 66.4 Å². The van der Waals surface area contributed by atoms with Gasteiger partial charge in [0.2, 0.25) is 0 Å². The fourth-order valence-corrected chi connectivity index (χ4v) is 4.45. The molecule has 4 heterocycles. The first-order chi connectivity index (χ1) is 16.5. The number of primary amides is 1. The molecule has 1 fully saturated rings. The van der Waals surface area contributed by atoms with Gasteiger partial charge in [0.1, 0.15) is 12.4 Å². The maximum atomic E-state index is 13.3. The zero-order valence-corrected chi connectivity index (χ0v) is 18.1. The number of fused-ring (bicyclic) bond motifs is 2. The first-order valence-corrected chi connectivity index (χ1v) is 10.8. The van der Waals surface area contributed by atoms with Gasteiger partial charge in [0.05, 0.1) is 28.7 Å². The Balaban J connectivity index is 1.53. The maximum Gasteiger partial charge on any atom is 0.340 e. The number of nitrogens with zero attached hydrogens (tertiary/aromatic N) is 6. The molecule has 2 unspecified atom stereocenters. The molecule has 1 saturated heterocycles. The summed E-state index contributed by atoms with van der Waals surface area (Å²) in [6.07, 6.45) is 5.61. The van der Waals surface area contributed by atoms with E-state index in [1.807, 2.05) is 0 Å². The van der Waals surface area contributed by atoms with E-state index in [0.717, 1.165) is 0 Å². The van der Waals surface area contributed by atoms with Crippen LogP contribution in [0.3, 0.4) is 0 Å². The molecule has 0 bridgehead atoms. The number of hydrogen-bond donors (Lipinski definition) is 1. The summed E-state index contributed by atoms with van der Waals surface area (Å²) in [5.41, 5.74) is 7.19. The highest BCUT2D eigenvalue weighted by Gasteiger charge is 2.45. The summed E-state index contributed by atoms with van der Waals surface area (Å²) in [5.74, 6) is -0.928. The minimum absolute atomic E-state index is 0.236. The van der Waals surface area contributed by atoms with Crippen LogP contribution in [0, 0.1) is 0 Å². The van der Waals surface area contributed by atoms with Crippen LogP contribution in [0.25, 0.3) is 16.6 Å². The van der Waals surface area contributed by atoms with Crippen molar-refractivity contribution in [2.75, 3.05) is 6.54 Å². The van der Waals surface area contributed by atoms with Crippen molar-refractivity contribution in [2.45, 2.75) is 31.5 Å². The van der Waals surface area contributed by atoms with E-state index in [1.54, 1.807) is 30.3 Å². The van der Waals surface area contributed by atoms with Gasteiger partial charge in [-0.15, -0.1) is 0 Å². The van der Waals surface area contributed by atoms with Crippen LogP contribution >= 0.6 is 0 Å². The predicted molar refractivity (Wildman–Crippen MR) is 120 cm³/mol. The fourth-order valence-electron chi connectivity index (χ4n) is 4.45. The van der Waals surface area contributed by atoms with E-state index >= 15 is 0 Å². The van der Waals surface area contributed by atoms with E-state index in [1.165, 1.54) is 34.6 Å². The lowest BCUT2D eigenvalue weighted by atomic mass is 10.1. The summed E-state index contributed by atoms with van der Waals surface area (Å²) in [7, 11) is 0. The number of ether oxygens (including phenoxy) is 1. The summed E-state index contributed by atoms with van der Waals surface area (Å²) < 4.78 is 5.94. The van der Waals surface area contributed by atoms with Crippen molar-refractivity contribution >= 4 is 34.5 Å². The van der Waals surface area contributed by atoms with Crippen LogP contribution in [0.4, 0.5) is 4.79 Å². The van der Waals surface area contributed by atoms with Gasteiger partial charge in [-0.05, 0) is 31.4 Å². The zero-order valence-electron chi connectivity index (χ0n) is 18.1. The summed E-state index contributed by atoms with van der Waals surface area (Å²) >= 11 is 0. The maximum absolute atomic E-state index is 13.3. The SMILES string of the molecule is NC(=O)N1C(c2ccncn2)=CC(=O)N2CCCCC(OC(=O)c3cnnc4ccccc34)C21. The molecule has 0 spiro atoms. The van der Waals surface area contributed by atoms with E-state index in [9.17, 15) is 14.4 Å². The molecular weight excluding hydrogens is 438 g/mol. The number of esters is 1. The largest absolute Gasteiger partial charge is 0.454 e. The average molecular weight is 459 g/mol. The molecule has 172 valence electrons. The van der Waals surface area contributed by atoms with Gasteiger partial charge in [-0.25, -0.2) is 19.6 Å². The topological polar surface area (TPSA) is 144 Å². The summed E-state index contributed by atoms with van der Waals surface area (Å²) in [6, 6.07) is 7.90. The number of hydrogen-bond acceptors (Lipinski definition) is 8. The van der Waals surface area contributed by atoms with Crippen molar-refractivity contribution in [2.24, 2.45) is 5.73 Å². The van der Waals surface area contributed by atoms with Crippen LogP contribution in [0.5, 0.6) is 0 Å². The molecule has 34 heavy (non-hydrogen) atoms. The standard InChI is InChI=1S/C23H21N7O4/c24-23(33)30-18(17-8-9-25-13-26-17)11-20(31)29-10-4-3-7-19(21(29)30)34-22(32)15-12-27-28-16-6-2-1-5-14(15)16/h1-2,5-6,8-9,11-13,19,21H,3-4,7,10H2,(H2,24,33). The van der Waals surface area contributed by atoms with Crippen molar-refractivity contribution in [1.29, 1.82) is 0 Å². The van der Waals surface area contributed by atoms with Gasteiger partial charge in [-0.3, -0.25) is 9.69 Å². The molecule has 3 amide bonds. The molecule has 3 aromatic rings. The molecule has 2 N–H and O–H groups in total. The second-order valence-electron chi connectivity index (χ2n) is 7.99. The quantitative estimate of drug-likeness (QED) is 0.583. The molecule has 1 aromatic carbocycles. The average Bonchev–Trinajstić information content (AvgIpc) is 3.07. The number of urea groups is 1.